The lowest BCUT2D eigenvalue weighted by molar-refractivity contribution is 0.347. The summed E-state index contributed by atoms with van der Waals surface area (Å²) in [5.41, 5.74) is 8.68. The highest BCUT2D eigenvalue weighted by Crippen LogP contribution is 2.52. The minimum atomic E-state index is 0.300. The summed E-state index contributed by atoms with van der Waals surface area (Å²) in [5, 5.41) is 0. The number of pyridine rings is 1. The highest BCUT2D eigenvalue weighted by atomic mass is 15.1. The Balaban J connectivity index is 1.87. The van der Waals surface area contributed by atoms with Crippen molar-refractivity contribution in [2.75, 3.05) is 0 Å². The summed E-state index contributed by atoms with van der Waals surface area (Å²) in [6, 6.07) is 2.36. The van der Waals surface area contributed by atoms with Gasteiger partial charge in [-0.3, -0.25) is 4.98 Å². The Morgan fingerprint density at radius 3 is 2.95 bits per heavy atom. The maximum Gasteiger partial charge on any atom is 0.114 e. The Kier molecular flexibility index (Phi) is 2.42. The smallest absolute Gasteiger partial charge is 0.114 e. The van der Waals surface area contributed by atoms with E-state index in [0.29, 0.717) is 12.0 Å². The fraction of sp³-hybridized carbons (Fsp3) is 0.600. The average Bonchev–Trinajstić information content (AvgIpc) is 3.09. The highest BCUT2D eigenvalue weighted by molar-refractivity contribution is 5.74. The monoisotopic (exact) mass is 256 g/mol. The van der Waals surface area contributed by atoms with Gasteiger partial charge in [0.25, 0.3) is 0 Å². The number of nitrogens with zero attached hydrogens (tertiary/aromatic N) is 3. The minimum absolute atomic E-state index is 0.300. The number of nitrogens with two attached hydrogens (primary N) is 1. The van der Waals surface area contributed by atoms with Crippen molar-refractivity contribution < 1.29 is 0 Å². The zero-order valence-corrected chi connectivity index (χ0v) is 11.3. The van der Waals surface area contributed by atoms with Gasteiger partial charge in [-0.15, -0.1) is 0 Å². The predicted octanol–water partition coefficient (Wildman–Crippen LogP) is 2.29. The molecule has 2 saturated carbocycles. The van der Waals surface area contributed by atoms with Gasteiger partial charge >= 0.3 is 0 Å². The van der Waals surface area contributed by atoms with Gasteiger partial charge in [0, 0.05) is 24.7 Å². The molecule has 2 N–H and O–H groups in total. The topological polar surface area (TPSA) is 56.7 Å². The first-order valence-corrected chi connectivity index (χ1v) is 7.35. The molecule has 2 heterocycles. The van der Waals surface area contributed by atoms with Gasteiger partial charge in [-0.25, -0.2) is 4.98 Å². The molecule has 19 heavy (non-hydrogen) atoms. The van der Waals surface area contributed by atoms with Crippen molar-refractivity contribution in [1.29, 1.82) is 0 Å². The molecule has 2 aliphatic carbocycles. The average molecular weight is 256 g/mol. The first kappa shape index (κ1) is 11.4. The largest absolute Gasteiger partial charge is 0.328 e. The van der Waals surface area contributed by atoms with Crippen molar-refractivity contribution in [2.24, 2.45) is 17.6 Å². The Bertz CT molecular complexity index is 616. The van der Waals surface area contributed by atoms with Crippen LogP contribution in [-0.2, 0) is 6.54 Å². The quantitative estimate of drug-likeness (QED) is 0.897. The molecule has 4 nitrogen and oxygen atoms in total. The maximum atomic E-state index is 6.47. The van der Waals surface area contributed by atoms with Crippen LogP contribution in [0.4, 0.5) is 0 Å². The van der Waals surface area contributed by atoms with E-state index >= 15 is 0 Å². The van der Waals surface area contributed by atoms with Gasteiger partial charge in [-0.05, 0) is 44.1 Å². The fourth-order valence-corrected chi connectivity index (χ4v) is 4.31. The number of aryl methyl sites for hydroxylation is 1. The van der Waals surface area contributed by atoms with Crippen LogP contribution in [-0.4, -0.2) is 20.6 Å². The van der Waals surface area contributed by atoms with Crippen LogP contribution < -0.4 is 5.73 Å². The number of aromatic nitrogens is 3. The third kappa shape index (κ3) is 1.49. The van der Waals surface area contributed by atoms with Crippen LogP contribution in [0.1, 0.15) is 37.9 Å². The van der Waals surface area contributed by atoms with E-state index in [4.69, 9.17) is 10.7 Å². The van der Waals surface area contributed by atoms with Gasteiger partial charge in [0.1, 0.15) is 11.3 Å². The molecular formula is C15H20N4. The molecule has 0 radical (unpaired) electrons. The molecule has 0 saturated heterocycles. The zero-order valence-electron chi connectivity index (χ0n) is 11.3. The van der Waals surface area contributed by atoms with E-state index < -0.39 is 0 Å². The molecule has 0 aliphatic heterocycles. The Hall–Kier alpha value is -1.42. The van der Waals surface area contributed by atoms with Crippen LogP contribution in [0, 0.1) is 11.8 Å². The molecule has 2 aliphatic rings. The van der Waals surface area contributed by atoms with Gasteiger partial charge in [-0.2, -0.15) is 0 Å². The number of hydrogen-bond acceptors (Lipinski definition) is 3. The summed E-state index contributed by atoms with van der Waals surface area (Å²) in [6.45, 7) is 3.14. The van der Waals surface area contributed by atoms with Crippen LogP contribution in [0.25, 0.3) is 11.0 Å². The third-order valence-electron chi connectivity index (χ3n) is 5.18. The minimum Gasteiger partial charge on any atom is -0.328 e. The standard InChI is InChI=1S/C15H20N4/c1-2-19-12-5-6-17-8-11(12)18-15(19)13-9-3-4-10(7-9)14(13)16/h5-6,8-10,13-14H,2-4,7,16H2,1H3. The molecule has 0 aromatic carbocycles. The molecule has 4 heteroatoms. The molecule has 0 spiro atoms. The number of fused-ring (bicyclic) bond motifs is 3. The Morgan fingerprint density at radius 2 is 2.21 bits per heavy atom. The van der Waals surface area contributed by atoms with Crippen LogP contribution in [0.3, 0.4) is 0 Å². The van der Waals surface area contributed by atoms with E-state index in [1.165, 1.54) is 30.6 Å². The second-order valence-corrected chi connectivity index (χ2v) is 6.01. The second-order valence-electron chi connectivity index (χ2n) is 6.01. The molecule has 2 aromatic rings. The molecular weight excluding hydrogens is 236 g/mol. The predicted molar refractivity (Wildman–Crippen MR) is 74.7 cm³/mol. The molecule has 2 bridgehead atoms. The van der Waals surface area contributed by atoms with Crippen molar-refractivity contribution in [3.63, 3.8) is 0 Å². The van der Waals surface area contributed by atoms with E-state index in [0.717, 1.165) is 23.9 Å². The van der Waals surface area contributed by atoms with Gasteiger partial charge in [-0.1, -0.05) is 0 Å². The van der Waals surface area contributed by atoms with E-state index in [2.05, 4.69) is 22.5 Å². The van der Waals surface area contributed by atoms with E-state index in [1.807, 2.05) is 12.4 Å². The summed E-state index contributed by atoms with van der Waals surface area (Å²) in [5.74, 6) is 3.12. The Labute approximate surface area is 113 Å². The zero-order chi connectivity index (χ0) is 13.0. The molecule has 4 atom stereocenters. The normalized spacial score (nSPS) is 33.4. The number of rotatable bonds is 2. The second kappa shape index (κ2) is 4.04. The van der Waals surface area contributed by atoms with Crippen molar-refractivity contribution in [3.8, 4) is 0 Å². The first-order valence-electron chi connectivity index (χ1n) is 7.35. The van der Waals surface area contributed by atoms with E-state index in [1.54, 1.807) is 0 Å². The van der Waals surface area contributed by atoms with E-state index in [9.17, 15) is 0 Å². The number of imidazole rings is 1. The lowest BCUT2D eigenvalue weighted by atomic mass is 9.84. The van der Waals surface area contributed by atoms with E-state index in [-0.39, 0.29) is 0 Å². The molecule has 4 rings (SSSR count). The first-order chi connectivity index (χ1) is 9.29. The van der Waals surface area contributed by atoms with Gasteiger partial charge in [0.05, 0.1) is 11.7 Å². The van der Waals surface area contributed by atoms with Crippen molar-refractivity contribution in [1.82, 2.24) is 14.5 Å². The molecule has 2 aromatic heterocycles. The lowest BCUT2D eigenvalue weighted by Gasteiger charge is -2.28. The summed E-state index contributed by atoms with van der Waals surface area (Å²) in [7, 11) is 0. The van der Waals surface area contributed by atoms with Gasteiger partial charge < -0.3 is 10.3 Å². The lowest BCUT2D eigenvalue weighted by Crippen LogP contribution is -2.35. The fourth-order valence-electron chi connectivity index (χ4n) is 4.31. The van der Waals surface area contributed by atoms with Crippen molar-refractivity contribution >= 4 is 11.0 Å². The molecule has 4 unspecified atom stereocenters. The molecule has 100 valence electrons. The number of hydrogen-bond donors (Lipinski definition) is 1. The van der Waals surface area contributed by atoms with Crippen LogP contribution in [0.15, 0.2) is 18.5 Å². The summed E-state index contributed by atoms with van der Waals surface area (Å²) in [4.78, 5) is 9.04. The van der Waals surface area contributed by atoms with Gasteiger partial charge in [0.2, 0.25) is 0 Å². The van der Waals surface area contributed by atoms with Crippen molar-refractivity contribution in [3.05, 3.63) is 24.3 Å². The van der Waals surface area contributed by atoms with Crippen LogP contribution in [0.5, 0.6) is 0 Å². The molecule has 0 amide bonds. The summed E-state index contributed by atoms with van der Waals surface area (Å²) >= 11 is 0. The third-order valence-corrected chi connectivity index (χ3v) is 5.18. The highest BCUT2D eigenvalue weighted by Gasteiger charge is 2.48. The maximum absolute atomic E-state index is 6.47. The Morgan fingerprint density at radius 1 is 1.37 bits per heavy atom. The SMILES string of the molecule is CCn1c(C2C3CCC(C3)C2N)nc2cnccc21. The van der Waals surface area contributed by atoms with Crippen LogP contribution >= 0.6 is 0 Å². The summed E-state index contributed by atoms with van der Waals surface area (Å²) < 4.78 is 2.34. The molecule has 2 fully saturated rings. The summed E-state index contributed by atoms with van der Waals surface area (Å²) in [6.07, 6.45) is 7.66. The van der Waals surface area contributed by atoms with Gasteiger partial charge in [0.15, 0.2) is 0 Å². The van der Waals surface area contributed by atoms with Crippen molar-refractivity contribution in [2.45, 2.75) is 44.7 Å². The van der Waals surface area contributed by atoms with Crippen LogP contribution in [0.2, 0.25) is 0 Å².